The SMILES string of the molecule is CC(CN)(NC(=O)c1cc(F)c(F)cc1Cl)C1CC1. The molecule has 2 rings (SSSR count). The van der Waals surface area contributed by atoms with Gasteiger partial charge in [-0.05, 0) is 37.8 Å². The van der Waals surface area contributed by atoms with Crippen LogP contribution in [0.15, 0.2) is 12.1 Å². The first-order valence-corrected chi connectivity index (χ1v) is 6.42. The van der Waals surface area contributed by atoms with Gasteiger partial charge in [-0.2, -0.15) is 0 Å². The van der Waals surface area contributed by atoms with Gasteiger partial charge in [-0.25, -0.2) is 8.78 Å². The Balaban J connectivity index is 2.22. The number of carbonyl (C=O) groups excluding carboxylic acids is 1. The van der Waals surface area contributed by atoms with E-state index in [0.717, 1.165) is 25.0 Å². The molecular formula is C13H15ClF2N2O. The van der Waals surface area contributed by atoms with Gasteiger partial charge < -0.3 is 11.1 Å². The monoisotopic (exact) mass is 288 g/mol. The summed E-state index contributed by atoms with van der Waals surface area (Å²) in [7, 11) is 0. The van der Waals surface area contributed by atoms with E-state index in [0.29, 0.717) is 5.92 Å². The summed E-state index contributed by atoms with van der Waals surface area (Å²) in [6.07, 6.45) is 2.00. The zero-order valence-corrected chi connectivity index (χ0v) is 11.2. The molecule has 0 bridgehead atoms. The molecule has 104 valence electrons. The van der Waals surface area contributed by atoms with Gasteiger partial charge in [0.2, 0.25) is 0 Å². The van der Waals surface area contributed by atoms with Crippen molar-refractivity contribution >= 4 is 17.5 Å². The number of amides is 1. The standard InChI is InChI=1S/C13H15ClF2N2O/c1-13(6-17,7-2-3-7)18-12(19)8-4-10(15)11(16)5-9(8)14/h4-5,7H,2-3,6,17H2,1H3,(H,18,19). The van der Waals surface area contributed by atoms with E-state index in [1.165, 1.54) is 0 Å². The topological polar surface area (TPSA) is 55.1 Å². The van der Waals surface area contributed by atoms with Crippen LogP contribution in [-0.2, 0) is 0 Å². The highest BCUT2D eigenvalue weighted by Gasteiger charge is 2.41. The quantitative estimate of drug-likeness (QED) is 0.836. The number of rotatable bonds is 4. The van der Waals surface area contributed by atoms with Crippen molar-refractivity contribution in [1.29, 1.82) is 0 Å². The number of nitrogens with two attached hydrogens (primary N) is 1. The minimum Gasteiger partial charge on any atom is -0.345 e. The Hall–Kier alpha value is -1.20. The van der Waals surface area contributed by atoms with Gasteiger partial charge in [-0.3, -0.25) is 4.79 Å². The Bertz CT molecular complexity index is 520. The van der Waals surface area contributed by atoms with Crippen molar-refractivity contribution < 1.29 is 13.6 Å². The third-order valence-corrected chi connectivity index (χ3v) is 3.87. The van der Waals surface area contributed by atoms with Crippen LogP contribution in [0.1, 0.15) is 30.1 Å². The second-order valence-electron chi connectivity index (χ2n) is 5.10. The first-order chi connectivity index (χ1) is 8.87. The summed E-state index contributed by atoms with van der Waals surface area (Å²) in [6.45, 7) is 2.13. The lowest BCUT2D eigenvalue weighted by atomic mass is 9.95. The van der Waals surface area contributed by atoms with Crippen molar-refractivity contribution in [3.8, 4) is 0 Å². The van der Waals surface area contributed by atoms with Gasteiger partial charge in [-0.15, -0.1) is 0 Å². The Kier molecular flexibility index (Phi) is 3.78. The maximum absolute atomic E-state index is 13.2. The molecule has 1 saturated carbocycles. The molecule has 0 heterocycles. The zero-order valence-electron chi connectivity index (χ0n) is 10.5. The fourth-order valence-corrected chi connectivity index (χ4v) is 2.30. The van der Waals surface area contributed by atoms with E-state index in [1.54, 1.807) is 0 Å². The second-order valence-corrected chi connectivity index (χ2v) is 5.50. The highest BCUT2D eigenvalue weighted by atomic mass is 35.5. The summed E-state index contributed by atoms with van der Waals surface area (Å²) in [5, 5.41) is 2.65. The third kappa shape index (κ3) is 2.87. The van der Waals surface area contributed by atoms with Gasteiger partial charge in [0.15, 0.2) is 11.6 Å². The maximum Gasteiger partial charge on any atom is 0.253 e. The van der Waals surface area contributed by atoms with E-state index in [9.17, 15) is 13.6 Å². The molecule has 0 spiro atoms. The first kappa shape index (κ1) is 14.2. The van der Waals surface area contributed by atoms with Crippen LogP contribution in [-0.4, -0.2) is 18.0 Å². The summed E-state index contributed by atoms with van der Waals surface area (Å²) in [5.41, 5.74) is 5.07. The van der Waals surface area contributed by atoms with Crippen LogP contribution >= 0.6 is 11.6 Å². The molecule has 1 aromatic rings. The molecule has 0 aliphatic heterocycles. The van der Waals surface area contributed by atoms with Crippen LogP contribution in [0.5, 0.6) is 0 Å². The Labute approximate surface area is 115 Å². The van der Waals surface area contributed by atoms with E-state index >= 15 is 0 Å². The number of hydrogen-bond acceptors (Lipinski definition) is 2. The first-order valence-electron chi connectivity index (χ1n) is 6.04. The average molecular weight is 289 g/mol. The smallest absolute Gasteiger partial charge is 0.253 e. The molecule has 1 aliphatic carbocycles. The number of carbonyl (C=O) groups is 1. The average Bonchev–Trinajstić information content (AvgIpc) is 3.17. The summed E-state index contributed by atoms with van der Waals surface area (Å²) >= 11 is 5.76. The summed E-state index contributed by atoms with van der Waals surface area (Å²) in [6, 6.07) is 1.60. The fourth-order valence-electron chi connectivity index (χ4n) is 2.06. The molecule has 1 fully saturated rings. The van der Waals surface area contributed by atoms with E-state index in [1.807, 2.05) is 6.92 Å². The molecule has 1 amide bonds. The largest absolute Gasteiger partial charge is 0.345 e. The number of benzene rings is 1. The molecule has 19 heavy (non-hydrogen) atoms. The van der Waals surface area contributed by atoms with Gasteiger partial charge in [0.05, 0.1) is 16.1 Å². The maximum atomic E-state index is 13.2. The van der Waals surface area contributed by atoms with Gasteiger partial charge in [0.25, 0.3) is 5.91 Å². The lowest BCUT2D eigenvalue weighted by Gasteiger charge is -2.29. The lowest BCUT2D eigenvalue weighted by molar-refractivity contribution is 0.0897. The van der Waals surface area contributed by atoms with Crippen molar-refractivity contribution in [1.82, 2.24) is 5.32 Å². The van der Waals surface area contributed by atoms with Crippen molar-refractivity contribution in [2.75, 3.05) is 6.54 Å². The summed E-state index contributed by atoms with van der Waals surface area (Å²) in [4.78, 5) is 12.1. The minimum atomic E-state index is -1.10. The molecule has 0 saturated heterocycles. The number of hydrogen-bond donors (Lipinski definition) is 2. The highest BCUT2D eigenvalue weighted by molar-refractivity contribution is 6.33. The fraction of sp³-hybridized carbons (Fsp3) is 0.462. The van der Waals surface area contributed by atoms with Crippen LogP contribution < -0.4 is 11.1 Å². The molecule has 0 aromatic heterocycles. The van der Waals surface area contributed by atoms with Crippen LogP contribution in [0, 0.1) is 17.6 Å². The summed E-state index contributed by atoms with van der Waals surface area (Å²) in [5.74, 6) is -2.39. The molecule has 1 atom stereocenters. The Morgan fingerprint density at radius 3 is 2.58 bits per heavy atom. The van der Waals surface area contributed by atoms with E-state index in [4.69, 9.17) is 17.3 Å². The van der Waals surface area contributed by atoms with Gasteiger partial charge in [0.1, 0.15) is 0 Å². The Morgan fingerprint density at radius 2 is 2.05 bits per heavy atom. The number of nitrogens with one attached hydrogen (secondary N) is 1. The molecule has 1 aliphatic rings. The molecule has 1 unspecified atom stereocenters. The highest BCUT2D eigenvalue weighted by Crippen LogP contribution is 2.39. The molecular weight excluding hydrogens is 274 g/mol. The zero-order chi connectivity index (χ0) is 14.2. The van der Waals surface area contributed by atoms with Crippen LogP contribution in [0.25, 0.3) is 0 Å². The second kappa shape index (κ2) is 5.06. The summed E-state index contributed by atoms with van der Waals surface area (Å²) < 4.78 is 26.1. The van der Waals surface area contributed by atoms with Crippen molar-refractivity contribution in [3.05, 3.63) is 34.4 Å². The van der Waals surface area contributed by atoms with Gasteiger partial charge in [-0.1, -0.05) is 11.6 Å². The lowest BCUT2D eigenvalue weighted by Crippen LogP contribution is -2.53. The molecule has 3 nitrogen and oxygen atoms in total. The van der Waals surface area contributed by atoms with Crippen molar-refractivity contribution in [2.45, 2.75) is 25.3 Å². The van der Waals surface area contributed by atoms with Gasteiger partial charge >= 0.3 is 0 Å². The van der Waals surface area contributed by atoms with E-state index < -0.39 is 23.1 Å². The molecule has 1 aromatic carbocycles. The predicted molar refractivity (Wildman–Crippen MR) is 69.0 cm³/mol. The van der Waals surface area contributed by atoms with E-state index in [2.05, 4.69) is 5.32 Å². The normalized spacial score (nSPS) is 17.9. The molecule has 0 radical (unpaired) electrons. The predicted octanol–water partition coefficient (Wildman–Crippen LogP) is 2.48. The van der Waals surface area contributed by atoms with E-state index in [-0.39, 0.29) is 17.1 Å². The molecule has 3 N–H and O–H groups in total. The minimum absolute atomic E-state index is 0.0825. The van der Waals surface area contributed by atoms with Crippen molar-refractivity contribution in [3.63, 3.8) is 0 Å². The third-order valence-electron chi connectivity index (χ3n) is 3.56. The molecule has 6 heteroatoms. The van der Waals surface area contributed by atoms with Crippen molar-refractivity contribution in [2.24, 2.45) is 11.7 Å². The van der Waals surface area contributed by atoms with Gasteiger partial charge in [0, 0.05) is 6.54 Å². The number of halogens is 3. The van der Waals surface area contributed by atoms with Crippen LogP contribution in [0.4, 0.5) is 8.78 Å². The Morgan fingerprint density at radius 1 is 1.47 bits per heavy atom. The van der Waals surface area contributed by atoms with Crippen LogP contribution in [0.2, 0.25) is 5.02 Å². The van der Waals surface area contributed by atoms with Crippen LogP contribution in [0.3, 0.4) is 0 Å².